The molecule has 7 heteroatoms. The van der Waals surface area contributed by atoms with Crippen LogP contribution in [0.5, 0.6) is 0 Å². The number of nitrogens with one attached hydrogen (secondary N) is 1. The fourth-order valence-corrected chi connectivity index (χ4v) is 1.96. The van der Waals surface area contributed by atoms with Gasteiger partial charge in [-0.05, 0) is 13.2 Å². The van der Waals surface area contributed by atoms with Crippen LogP contribution < -0.4 is 11.1 Å². The van der Waals surface area contributed by atoms with Gasteiger partial charge in [-0.2, -0.15) is 11.8 Å². The first-order valence-corrected chi connectivity index (χ1v) is 6.32. The highest BCUT2D eigenvalue weighted by Crippen LogP contribution is 2.18. The van der Waals surface area contributed by atoms with Gasteiger partial charge in [-0.15, -0.1) is 0 Å². The lowest BCUT2D eigenvalue weighted by atomic mass is 10.1. The molecule has 4 N–H and O–H groups in total. The molecule has 0 aliphatic rings. The Morgan fingerprint density at radius 3 is 2.76 bits per heavy atom. The molecule has 0 spiro atoms. The first kappa shape index (κ1) is 14.0. The number of hydrogen-bond acceptors (Lipinski definition) is 5. The summed E-state index contributed by atoms with van der Waals surface area (Å²) in [6.45, 7) is 1.71. The van der Waals surface area contributed by atoms with Crippen molar-refractivity contribution in [2.75, 3.05) is 29.6 Å². The maximum atomic E-state index is 13.3. The molecule has 0 saturated heterocycles. The lowest BCUT2D eigenvalue weighted by Crippen LogP contribution is -2.36. The Bertz CT molecular complexity index is 401. The van der Waals surface area contributed by atoms with Crippen LogP contribution in [0.2, 0.25) is 0 Å². The van der Waals surface area contributed by atoms with E-state index in [1.807, 2.05) is 6.26 Å². The van der Waals surface area contributed by atoms with Gasteiger partial charge in [0.1, 0.15) is 0 Å². The molecule has 1 aromatic heterocycles. The first-order chi connectivity index (χ1) is 7.85. The van der Waals surface area contributed by atoms with Crippen molar-refractivity contribution >= 4 is 23.4 Å². The van der Waals surface area contributed by atoms with Crippen molar-refractivity contribution in [2.45, 2.75) is 12.5 Å². The molecule has 1 aromatic rings. The molecule has 4 nitrogen and oxygen atoms in total. The zero-order valence-electron chi connectivity index (χ0n) is 9.63. The third-order valence-electron chi connectivity index (χ3n) is 2.05. The topological polar surface area (TPSA) is 71.2 Å². The second-order valence-electron chi connectivity index (χ2n) is 3.97. The molecule has 0 radical (unpaired) electrons. The van der Waals surface area contributed by atoms with Crippen molar-refractivity contribution in [3.8, 4) is 0 Å². The average Bonchev–Trinajstić information content (AvgIpc) is 2.21. The predicted molar refractivity (Wildman–Crippen MR) is 66.1 cm³/mol. The van der Waals surface area contributed by atoms with E-state index in [9.17, 15) is 13.9 Å². The normalized spacial score (nSPS) is 14.4. The molecule has 0 amide bonds. The number of thioether (sulfide) groups is 1. The van der Waals surface area contributed by atoms with E-state index in [4.69, 9.17) is 5.73 Å². The number of nitrogens with zero attached hydrogens (tertiary/aromatic N) is 1. The van der Waals surface area contributed by atoms with Crippen molar-refractivity contribution in [3.05, 3.63) is 17.7 Å². The van der Waals surface area contributed by atoms with E-state index >= 15 is 0 Å². The van der Waals surface area contributed by atoms with Crippen LogP contribution in [-0.4, -0.2) is 34.2 Å². The zero-order chi connectivity index (χ0) is 13.1. The van der Waals surface area contributed by atoms with Gasteiger partial charge in [-0.25, -0.2) is 13.8 Å². The van der Waals surface area contributed by atoms with Gasteiger partial charge in [0.15, 0.2) is 23.3 Å². The molecule has 0 fully saturated rings. The first-order valence-electron chi connectivity index (χ1n) is 4.92. The van der Waals surface area contributed by atoms with Gasteiger partial charge in [0.25, 0.3) is 0 Å². The second kappa shape index (κ2) is 5.50. The molecule has 0 bridgehead atoms. The lowest BCUT2D eigenvalue weighted by molar-refractivity contribution is 0.0995. The number of nitrogen functional groups attached to an aromatic ring is 1. The SMILES string of the molecule is CSCC(C)(O)CNc1nc(N)c(F)cc1F. The van der Waals surface area contributed by atoms with Crippen molar-refractivity contribution < 1.29 is 13.9 Å². The van der Waals surface area contributed by atoms with Crippen molar-refractivity contribution in [1.82, 2.24) is 4.98 Å². The number of hydrogen-bond donors (Lipinski definition) is 3. The number of pyridine rings is 1. The third kappa shape index (κ3) is 4.01. The summed E-state index contributed by atoms with van der Waals surface area (Å²) in [7, 11) is 0. The Labute approximate surface area is 103 Å². The standard InChI is InChI=1S/C10H15F2N3OS/c1-10(16,5-17-2)4-14-9-7(12)3-6(11)8(13)15-9/h3,16H,4-5H2,1-2H3,(H3,13,14,15). The molecule has 0 aromatic carbocycles. The summed E-state index contributed by atoms with van der Waals surface area (Å²) < 4.78 is 26.1. The quantitative estimate of drug-likeness (QED) is 0.750. The highest BCUT2D eigenvalue weighted by atomic mass is 32.2. The molecule has 1 heterocycles. The van der Waals surface area contributed by atoms with E-state index < -0.39 is 17.2 Å². The smallest absolute Gasteiger partial charge is 0.168 e. The Hall–Kier alpha value is -1.08. The van der Waals surface area contributed by atoms with Crippen LogP contribution in [0.3, 0.4) is 0 Å². The lowest BCUT2D eigenvalue weighted by Gasteiger charge is -2.22. The van der Waals surface area contributed by atoms with Crippen LogP contribution >= 0.6 is 11.8 Å². The van der Waals surface area contributed by atoms with Crippen molar-refractivity contribution in [2.24, 2.45) is 0 Å². The molecule has 0 aliphatic heterocycles. The van der Waals surface area contributed by atoms with Gasteiger partial charge in [0.05, 0.1) is 5.60 Å². The van der Waals surface area contributed by atoms with Gasteiger partial charge in [0.2, 0.25) is 0 Å². The molecule has 1 unspecified atom stereocenters. The van der Waals surface area contributed by atoms with Gasteiger partial charge in [0, 0.05) is 18.4 Å². The summed E-state index contributed by atoms with van der Waals surface area (Å²) in [5.74, 6) is -1.79. The number of rotatable bonds is 5. The summed E-state index contributed by atoms with van der Waals surface area (Å²) in [5, 5.41) is 12.5. The number of aliphatic hydroxyl groups is 1. The summed E-state index contributed by atoms with van der Waals surface area (Å²) in [4.78, 5) is 3.53. The molecule has 1 atom stereocenters. The second-order valence-corrected chi connectivity index (χ2v) is 4.84. The van der Waals surface area contributed by atoms with Crippen molar-refractivity contribution in [1.29, 1.82) is 0 Å². The molecule has 0 saturated carbocycles. The Kier molecular flexibility index (Phi) is 4.53. The van der Waals surface area contributed by atoms with Crippen LogP contribution in [0.1, 0.15) is 6.92 Å². The van der Waals surface area contributed by atoms with E-state index in [2.05, 4.69) is 10.3 Å². The van der Waals surface area contributed by atoms with Gasteiger partial charge in [-0.3, -0.25) is 0 Å². The number of nitrogens with two attached hydrogens (primary N) is 1. The van der Waals surface area contributed by atoms with E-state index in [0.29, 0.717) is 11.8 Å². The highest BCUT2D eigenvalue weighted by molar-refractivity contribution is 7.98. The molecular weight excluding hydrogens is 248 g/mol. The minimum Gasteiger partial charge on any atom is -0.387 e. The summed E-state index contributed by atoms with van der Waals surface area (Å²) >= 11 is 1.46. The van der Waals surface area contributed by atoms with Crippen LogP contribution in [0, 0.1) is 11.6 Å². The Morgan fingerprint density at radius 2 is 2.18 bits per heavy atom. The fraction of sp³-hybridized carbons (Fsp3) is 0.500. The molecule has 96 valence electrons. The monoisotopic (exact) mass is 263 g/mol. The molecule has 0 aliphatic carbocycles. The Morgan fingerprint density at radius 1 is 1.53 bits per heavy atom. The van der Waals surface area contributed by atoms with Crippen LogP contribution in [0.4, 0.5) is 20.4 Å². The van der Waals surface area contributed by atoms with Crippen LogP contribution in [0.25, 0.3) is 0 Å². The maximum absolute atomic E-state index is 13.3. The van der Waals surface area contributed by atoms with E-state index in [1.165, 1.54) is 11.8 Å². The van der Waals surface area contributed by atoms with E-state index in [-0.39, 0.29) is 18.2 Å². The van der Waals surface area contributed by atoms with Crippen LogP contribution in [0.15, 0.2) is 6.07 Å². The van der Waals surface area contributed by atoms with Gasteiger partial charge >= 0.3 is 0 Å². The number of anilines is 2. The fourth-order valence-electron chi connectivity index (χ4n) is 1.24. The predicted octanol–water partition coefficient (Wildman–Crippen LogP) is 1.47. The Balaban J connectivity index is 2.73. The van der Waals surface area contributed by atoms with E-state index in [0.717, 1.165) is 0 Å². The number of halogens is 2. The average molecular weight is 263 g/mol. The van der Waals surface area contributed by atoms with Crippen molar-refractivity contribution in [3.63, 3.8) is 0 Å². The van der Waals surface area contributed by atoms with Crippen LogP contribution in [-0.2, 0) is 0 Å². The van der Waals surface area contributed by atoms with Gasteiger partial charge in [-0.1, -0.05) is 0 Å². The summed E-state index contributed by atoms with van der Waals surface area (Å²) in [6.07, 6.45) is 1.85. The molecular formula is C10H15F2N3OS. The third-order valence-corrected chi connectivity index (χ3v) is 2.96. The summed E-state index contributed by atoms with van der Waals surface area (Å²) in [5.41, 5.74) is 4.22. The number of aromatic nitrogens is 1. The van der Waals surface area contributed by atoms with Gasteiger partial charge < -0.3 is 16.2 Å². The summed E-state index contributed by atoms with van der Waals surface area (Å²) in [6, 6.07) is 0.661. The minimum absolute atomic E-state index is 0.100. The van der Waals surface area contributed by atoms with E-state index in [1.54, 1.807) is 6.92 Å². The molecule has 17 heavy (non-hydrogen) atoms. The maximum Gasteiger partial charge on any atom is 0.168 e. The largest absolute Gasteiger partial charge is 0.387 e. The minimum atomic E-state index is -1.00. The highest BCUT2D eigenvalue weighted by Gasteiger charge is 2.20. The zero-order valence-corrected chi connectivity index (χ0v) is 10.4. The molecule has 1 rings (SSSR count).